The van der Waals surface area contributed by atoms with Crippen LogP contribution >= 0.6 is 0 Å². The van der Waals surface area contributed by atoms with E-state index in [0.717, 1.165) is 11.3 Å². The molecule has 9 aromatic rings. The van der Waals surface area contributed by atoms with Gasteiger partial charge in [0.1, 0.15) is 0 Å². The Morgan fingerprint density at radius 3 is 1.93 bits per heavy atom. The first-order valence-electron chi connectivity index (χ1n) is 13.6. The van der Waals surface area contributed by atoms with Crippen LogP contribution in [-0.2, 0) is 0 Å². The van der Waals surface area contributed by atoms with Gasteiger partial charge < -0.3 is 8.97 Å². The summed E-state index contributed by atoms with van der Waals surface area (Å²) in [5.41, 5.74) is 9.59. The molecule has 4 heterocycles. The van der Waals surface area contributed by atoms with E-state index in [9.17, 15) is 0 Å². The lowest BCUT2D eigenvalue weighted by atomic mass is 10.0. The Balaban J connectivity index is 1.47. The number of rotatable bonds is 2. The summed E-state index contributed by atoms with van der Waals surface area (Å²) in [6.45, 7) is 0. The second-order valence-electron chi connectivity index (χ2n) is 10.5. The van der Waals surface area contributed by atoms with Gasteiger partial charge in [-0.2, -0.15) is 0 Å². The molecule has 0 radical (unpaired) electrons. The summed E-state index contributed by atoms with van der Waals surface area (Å²) in [7, 11) is 0. The Kier molecular flexibility index (Phi) is 4.33. The first-order chi connectivity index (χ1) is 19.8. The van der Waals surface area contributed by atoms with Crippen LogP contribution in [0.15, 0.2) is 140 Å². The number of pyridine rings is 2. The molecule has 0 saturated carbocycles. The van der Waals surface area contributed by atoms with Crippen molar-refractivity contribution in [2.24, 2.45) is 0 Å². The SMILES string of the molecule is c1cc(-c2ccncc2)cc(-n2c3ccccc3c3cc4c5ccccc5c5cc6ccccc6n5c4cc32)c1. The second kappa shape index (κ2) is 8.05. The van der Waals surface area contributed by atoms with E-state index in [1.807, 2.05) is 12.4 Å². The molecule has 3 nitrogen and oxygen atoms in total. The molecule has 0 aliphatic rings. The van der Waals surface area contributed by atoms with Gasteiger partial charge in [-0.1, -0.05) is 72.8 Å². The number of para-hydroxylation sites is 2. The molecule has 0 saturated heterocycles. The van der Waals surface area contributed by atoms with Crippen molar-refractivity contribution in [1.29, 1.82) is 0 Å². The van der Waals surface area contributed by atoms with Gasteiger partial charge in [-0.25, -0.2) is 0 Å². The van der Waals surface area contributed by atoms with Crippen molar-refractivity contribution in [3.05, 3.63) is 140 Å². The molecule has 0 fully saturated rings. The molecule has 4 aromatic heterocycles. The molecule has 0 amide bonds. The van der Waals surface area contributed by atoms with Crippen LogP contribution in [0, 0.1) is 0 Å². The average molecular weight is 510 g/mol. The van der Waals surface area contributed by atoms with Crippen LogP contribution in [0.2, 0.25) is 0 Å². The zero-order valence-corrected chi connectivity index (χ0v) is 21.6. The highest BCUT2D eigenvalue weighted by molar-refractivity contribution is 6.21. The summed E-state index contributed by atoms with van der Waals surface area (Å²) in [4.78, 5) is 4.21. The van der Waals surface area contributed by atoms with Crippen molar-refractivity contribution in [3.63, 3.8) is 0 Å². The first-order valence-corrected chi connectivity index (χ1v) is 13.6. The predicted molar refractivity (Wildman–Crippen MR) is 167 cm³/mol. The summed E-state index contributed by atoms with van der Waals surface area (Å²) in [6.07, 6.45) is 3.71. The molecule has 0 aliphatic carbocycles. The van der Waals surface area contributed by atoms with E-state index in [4.69, 9.17) is 0 Å². The zero-order chi connectivity index (χ0) is 26.2. The molecule has 186 valence electrons. The van der Waals surface area contributed by atoms with E-state index in [1.54, 1.807) is 0 Å². The van der Waals surface area contributed by atoms with Gasteiger partial charge in [0.25, 0.3) is 0 Å². The molecule has 0 aliphatic heterocycles. The van der Waals surface area contributed by atoms with Gasteiger partial charge >= 0.3 is 0 Å². The minimum absolute atomic E-state index is 1.15. The molecule has 0 unspecified atom stereocenters. The van der Waals surface area contributed by atoms with Crippen molar-refractivity contribution >= 4 is 59.9 Å². The largest absolute Gasteiger partial charge is 0.309 e. The Hall–Kier alpha value is -5.41. The van der Waals surface area contributed by atoms with Crippen LogP contribution in [-0.4, -0.2) is 14.0 Å². The third kappa shape index (κ3) is 2.92. The standard InChI is InChI=1S/C37H23N3/c1-5-14-33-26(8-1)21-35-29-12-3-2-11-28(29)31-22-32-30-13-4-6-15-34(30)39(36(32)23-37(31)40(33)35)27-10-7-9-25(20-27)24-16-18-38-19-17-24/h1-23H. The number of hydrogen-bond acceptors (Lipinski definition) is 1. The molecule has 9 rings (SSSR count). The van der Waals surface area contributed by atoms with Gasteiger partial charge in [-0.15, -0.1) is 0 Å². The van der Waals surface area contributed by atoms with Crippen molar-refractivity contribution in [3.8, 4) is 16.8 Å². The number of benzene rings is 5. The normalized spacial score (nSPS) is 12.0. The third-order valence-corrected chi connectivity index (χ3v) is 8.35. The summed E-state index contributed by atoms with van der Waals surface area (Å²) >= 11 is 0. The fourth-order valence-electron chi connectivity index (χ4n) is 6.61. The number of hydrogen-bond donors (Lipinski definition) is 0. The van der Waals surface area contributed by atoms with E-state index in [0.29, 0.717) is 0 Å². The van der Waals surface area contributed by atoms with Crippen LogP contribution in [0.5, 0.6) is 0 Å². The maximum atomic E-state index is 4.21. The Morgan fingerprint density at radius 1 is 0.400 bits per heavy atom. The van der Waals surface area contributed by atoms with Gasteiger partial charge in [0, 0.05) is 45.0 Å². The van der Waals surface area contributed by atoms with Gasteiger partial charge in [0.15, 0.2) is 0 Å². The van der Waals surface area contributed by atoms with Crippen molar-refractivity contribution < 1.29 is 0 Å². The molecular formula is C37H23N3. The quantitative estimate of drug-likeness (QED) is 0.213. The fraction of sp³-hybridized carbons (Fsp3) is 0. The molecule has 0 atom stereocenters. The zero-order valence-electron chi connectivity index (χ0n) is 21.6. The minimum atomic E-state index is 1.15. The summed E-state index contributed by atoms with van der Waals surface area (Å²) in [6, 6.07) is 46.4. The fourth-order valence-corrected chi connectivity index (χ4v) is 6.61. The summed E-state index contributed by atoms with van der Waals surface area (Å²) in [5, 5.41) is 7.61. The van der Waals surface area contributed by atoms with E-state index in [1.165, 1.54) is 65.5 Å². The molecule has 0 spiro atoms. The summed E-state index contributed by atoms with van der Waals surface area (Å²) in [5.74, 6) is 0. The van der Waals surface area contributed by atoms with E-state index in [-0.39, 0.29) is 0 Å². The topological polar surface area (TPSA) is 22.2 Å². The van der Waals surface area contributed by atoms with Crippen LogP contribution in [0.4, 0.5) is 0 Å². The van der Waals surface area contributed by atoms with Gasteiger partial charge in [-0.3, -0.25) is 4.98 Å². The Labute approximate surface area is 230 Å². The molecule has 0 N–H and O–H groups in total. The average Bonchev–Trinajstić information content (AvgIpc) is 3.57. The highest BCUT2D eigenvalue weighted by Gasteiger charge is 2.18. The second-order valence-corrected chi connectivity index (χ2v) is 10.5. The maximum absolute atomic E-state index is 4.21. The van der Waals surface area contributed by atoms with Crippen LogP contribution in [0.1, 0.15) is 0 Å². The minimum Gasteiger partial charge on any atom is -0.309 e. The van der Waals surface area contributed by atoms with E-state index >= 15 is 0 Å². The van der Waals surface area contributed by atoms with Crippen LogP contribution in [0.3, 0.4) is 0 Å². The number of aromatic nitrogens is 3. The Morgan fingerprint density at radius 2 is 1.07 bits per heavy atom. The Bertz CT molecular complexity index is 2430. The molecule has 0 bridgehead atoms. The third-order valence-electron chi connectivity index (χ3n) is 8.35. The lowest BCUT2D eigenvalue weighted by molar-refractivity contribution is 1.18. The number of nitrogens with zero attached hydrogens (tertiary/aromatic N) is 3. The highest BCUT2D eigenvalue weighted by Crippen LogP contribution is 2.40. The number of fused-ring (bicyclic) bond motifs is 11. The lowest BCUT2D eigenvalue weighted by Crippen LogP contribution is -1.96. The van der Waals surface area contributed by atoms with Crippen molar-refractivity contribution in [2.45, 2.75) is 0 Å². The lowest BCUT2D eigenvalue weighted by Gasteiger charge is -2.13. The monoisotopic (exact) mass is 509 g/mol. The van der Waals surface area contributed by atoms with E-state index in [2.05, 4.69) is 141 Å². The molecule has 5 aromatic carbocycles. The van der Waals surface area contributed by atoms with E-state index < -0.39 is 0 Å². The predicted octanol–water partition coefficient (Wildman–Crippen LogP) is 9.56. The summed E-state index contributed by atoms with van der Waals surface area (Å²) < 4.78 is 4.86. The van der Waals surface area contributed by atoms with Crippen molar-refractivity contribution in [2.75, 3.05) is 0 Å². The maximum Gasteiger partial charge on any atom is 0.0562 e. The van der Waals surface area contributed by atoms with Gasteiger partial charge in [0.05, 0.1) is 27.6 Å². The van der Waals surface area contributed by atoms with Crippen LogP contribution in [0.25, 0.3) is 76.7 Å². The smallest absolute Gasteiger partial charge is 0.0562 e. The van der Waals surface area contributed by atoms with Crippen molar-refractivity contribution in [1.82, 2.24) is 14.0 Å². The van der Waals surface area contributed by atoms with Gasteiger partial charge in [0.2, 0.25) is 0 Å². The molecule has 40 heavy (non-hydrogen) atoms. The first kappa shape index (κ1) is 21.5. The van der Waals surface area contributed by atoms with Crippen LogP contribution < -0.4 is 0 Å². The van der Waals surface area contributed by atoms with Gasteiger partial charge in [-0.05, 0) is 71.1 Å². The molecule has 3 heteroatoms. The molecular weight excluding hydrogens is 486 g/mol. The highest BCUT2D eigenvalue weighted by atomic mass is 15.0.